The molecular formula is C21H20N2O. The summed E-state index contributed by atoms with van der Waals surface area (Å²) >= 11 is 0. The van der Waals surface area contributed by atoms with E-state index in [1.165, 1.54) is 0 Å². The van der Waals surface area contributed by atoms with E-state index >= 15 is 0 Å². The van der Waals surface area contributed by atoms with Crippen molar-refractivity contribution in [2.75, 3.05) is 0 Å². The fraction of sp³-hybridized carbons (Fsp3) is 0.238. The Bertz CT molecular complexity index is 935. The van der Waals surface area contributed by atoms with Crippen LogP contribution in [0.25, 0.3) is 10.9 Å². The van der Waals surface area contributed by atoms with Gasteiger partial charge in [-0.1, -0.05) is 51.1 Å². The Morgan fingerprint density at radius 1 is 1.08 bits per heavy atom. The average molecular weight is 316 g/mol. The summed E-state index contributed by atoms with van der Waals surface area (Å²) in [5.74, 6) is 0.150. The highest BCUT2D eigenvalue weighted by Gasteiger charge is 2.26. The number of nitriles is 1. The fourth-order valence-corrected chi connectivity index (χ4v) is 2.84. The van der Waals surface area contributed by atoms with E-state index in [9.17, 15) is 4.79 Å². The number of rotatable bonds is 3. The normalized spacial score (nSPS) is 11.4. The third-order valence-electron chi connectivity index (χ3n) is 4.15. The lowest BCUT2D eigenvalue weighted by Crippen LogP contribution is -2.19. The standard InChI is InChI=1S/C21H20N2O/c1-21(2,3)20(24)18-14-23(19-7-5-4-6-17(18)19)13-16-10-8-15(12-22)9-11-16/h4-11,14H,13H2,1-3H3. The van der Waals surface area contributed by atoms with Crippen LogP contribution in [0.15, 0.2) is 54.7 Å². The van der Waals surface area contributed by atoms with E-state index in [2.05, 4.69) is 10.6 Å². The number of carbonyl (C=O) groups is 1. The molecule has 0 aliphatic heterocycles. The van der Waals surface area contributed by atoms with Crippen molar-refractivity contribution in [3.8, 4) is 6.07 Å². The summed E-state index contributed by atoms with van der Waals surface area (Å²) in [6.07, 6.45) is 1.95. The van der Waals surface area contributed by atoms with Crippen LogP contribution in [0.5, 0.6) is 0 Å². The third-order valence-corrected chi connectivity index (χ3v) is 4.15. The number of hydrogen-bond acceptors (Lipinski definition) is 2. The number of ketones is 1. The molecule has 0 aliphatic carbocycles. The highest BCUT2D eigenvalue weighted by molar-refractivity contribution is 6.10. The van der Waals surface area contributed by atoms with Gasteiger partial charge in [0.1, 0.15) is 0 Å². The first-order chi connectivity index (χ1) is 11.4. The summed E-state index contributed by atoms with van der Waals surface area (Å²) in [6.45, 7) is 6.51. The third kappa shape index (κ3) is 2.96. The molecule has 0 atom stereocenters. The first-order valence-electron chi connectivity index (χ1n) is 8.02. The molecule has 0 saturated carbocycles. The van der Waals surface area contributed by atoms with Gasteiger partial charge in [-0.25, -0.2) is 0 Å². The molecule has 120 valence electrons. The van der Waals surface area contributed by atoms with Gasteiger partial charge in [0, 0.05) is 34.6 Å². The smallest absolute Gasteiger partial charge is 0.170 e. The van der Waals surface area contributed by atoms with Gasteiger partial charge < -0.3 is 4.57 Å². The van der Waals surface area contributed by atoms with Gasteiger partial charge in [-0.05, 0) is 23.8 Å². The maximum atomic E-state index is 12.8. The Hall–Kier alpha value is -2.86. The highest BCUT2D eigenvalue weighted by atomic mass is 16.1. The summed E-state index contributed by atoms with van der Waals surface area (Å²) in [7, 11) is 0. The number of nitrogens with zero attached hydrogens (tertiary/aromatic N) is 2. The van der Waals surface area contributed by atoms with Gasteiger partial charge in [-0.15, -0.1) is 0 Å². The molecule has 0 fully saturated rings. The summed E-state index contributed by atoms with van der Waals surface area (Å²) in [5, 5.41) is 9.90. The fourth-order valence-electron chi connectivity index (χ4n) is 2.84. The van der Waals surface area contributed by atoms with Crippen molar-refractivity contribution < 1.29 is 4.79 Å². The first kappa shape index (κ1) is 16.0. The molecule has 1 heterocycles. The molecule has 0 radical (unpaired) electrons. The van der Waals surface area contributed by atoms with Crippen LogP contribution in [-0.4, -0.2) is 10.4 Å². The van der Waals surface area contributed by atoms with Crippen molar-refractivity contribution in [1.82, 2.24) is 4.57 Å². The van der Waals surface area contributed by atoms with Crippen LogP contribution in [0, 0.1) is 16.7 Å². The number of fused-ring (bicyclic) bond motifs is 1. The molecule has 0 saturated heterocycles. The molecule has 3 nitrogen and oxygen atoms in total. The van der Waals surface area contributed by atoms with Crippen LogP contribution in [0.4, 0.5) is 0 Å². The van der Waals surface area contributed by atoms with Crippen molar-refractivity contribution in [3.63, 3.8) is 0 Å². The zero-order valence-electron chi connectivity index (χ0n) is 14.2. The molecule has 3 heteroatoms. The Balaban J connectivity index is 2.05. The molecule has 24 heavy (non-hydrogen) atoms. The van der Waals surface area contributed by atoms with Gasteiger partial charge in [-0.3, -0.25) is 4.79 Å². The van der Waals surface area contributed by atoms with E-state index in [4.69, 9.17) is 5.26 Å². The number of aromatic nitrogens is 1. The van der Waals surface area contributed by atoms with Crippen molar-refractivity contribution in [2.24, 2.45) is 5.41 Å². The van der Waals surface area contributed by atoms with Gasteiger partial charge in [-0.2, -0.15) is 5.26 Å². The van der Waals surface area contributed by atoms with Gasteiger partial charge in [0.2, 0.25) is 0 Å². The Morgan fingerprint density at radius 2 is 1.75 bits per heavy atom. The Kier molecular flexibility index (Phi) is 3.99. The van der Waals surface area contributed by atoms with E-state index in [1.807, 2.05) is 75.5 Å². The summed E-state index contributed by atoms with van der Waals surface area (Å²) in [6, 6.07) is 17.7. The molecule has 0 N–H and O–H groups in total. The van der Waals surface area contributed by atoms with Crippen LogP contribution < -0.4 is 0 Å². The van der Waals surface area contributed by atoms with E-state index in [1.54, 1.807) is 0 Å². The lowest BCUT2D eigenvalue weighted by atomic mass is 9.86. The quantitative estimate of drug-likeness (QED) is 0.652. The van der Waals surface area contributed by atoms with Crippen LogP contribution >= 0.6 is 0 Å². The second kappa shape index (κ2) is 5.98. The molecule has 0 bridgehead atoms. The highest BCUT2D eigenvalue weighted by Crippen LogP contribution is 2.28. The molecule has 0 spiro atoms. The molecular weight excluding hydrogens is 296 g/mol. The molecule has 2 aromatic carbocycles. The number of benzene rings is 2. The number of carbonyl (C=O) groups excluding carboxylic acids is 1. The minimum Gasteiger partial charge on any atom is -0.342 e. The molecule has 3 aromatic rings. The lowest BCUT2D eigenvalue weighted by molar-refractivity contribution is 0.0860. The monoisotopic (exact) mass is 316 g/mol. The molecule has 0 aliphatic rings. The van der Waals surface area contributed by atoms with Gasteiger partial charge in [0.25, 0.3) is 0 Å². The average Bonchev–Trinajstić information content (AvgIpc) is 2.93. The topological polar surface area (TPSA) is 45.8 Å². The Morgan fingerprint density at radius 3 is 2.38 bits per heavy atom. The molecule has 0 amide bonds. The zero-order chi connectivity index (χ0) is 17.3. The summed E-state index contributed by atoms with van der Waals surface area (Å²) in [4.78, 5) is 12.8. The number of hydrogen-bond donors (Lipinski definition) is 0. The van der Waals surface area contributed by atoms with Gasteiger partial charge >= 0.3 is 0 Å². The van der Waals surface area contributed by atoms with Crippen molar-refractivity contribution in [2.45, 2.75) is 27.3 Å². The van der Waals surface area contributed by atoms with E-state index in [-0.39, 0.29) is 5.78 Å². The van der Waals surface area contributed by atoms with E-state index in [0.29, 0.717) is 12.1 Å². The molecule has 1 aromatic heterocycles. The largest absolute Gasteiger partial charge is 0.342 e. The van der Waals surface area contributed by atoms with Crippen LogP contribution in [0.3, 0.4) is 0 Å². The van der Waals surface area contributed by atoms with Crippen LogP contribution in [-0.2, 0) is 6.54 Å². The van der Waals surface area contributed by atoms with Gasteiger partial charge in [0.05, 0.1) is 11.6 Å². The van der Waals surface area contributed by atoms with Gasteiger partial charge in [0.15, 0.2) is 5.78 Å². The second-order valence-corrected chi connectivity index (χ2v) is 7.08. The zero-order valence-corrected chi connectivity index (χ0v) is 14.2. The van der Waals surface area contributed by atoms with E-state index < -0.39 is 5.41 Å². The first-order valence-corrected chi connectivity index (χ1v) is 8.02. The second-order valence-electron chi connectivity index (χ2n) is 7.08. The van der Waals surface area contributed by atoms with E-state index in [0.717, 1.165) is 22.0 Å². The maximum absolute atomic E-state index is 12.8. The van der Waals surface area contributed by atoms with Crippen molar-refractivity contribution in [1.29, 1.82) is 5.26 Å². The summed E-state index contributed by atoms with van der Waals surface area (Å²) < 4.78 is 2.11. The molecule has 3 rings (SSSR count). The Labute approximate surface area is 142 Å². The van der Waals surface area contributed by atoms with Crippen molar-refractivity contribution >= 4 is 16.7 Å². The number of para-hydroxylation sites is 1. The number of Topliss-reactive ketones (excluding diaryl/α,β-unsaturated/α-hetero) is 1. The predicted molar refractivity (Wildman–Crippen MR) is 96.0 cm³/mol. The SMILES string of the molecule is CC(C)(C)C(=O)c1cn(Cc2ccc(C#N)cc2)c2ccccc12. The summed E-state index contributed by atoms with van der Waals surface area (Å²) in [5.41, 5.74) is 3.16. The minimum atomic E-state index is -0.413. The predicted octanol–water partition coefficient (Wildman–Crippen LogP) is 4.79. The minimum absolute atomic E-state index is 0.150. The van der Waals surface area contributed by atoms with Crippen molar-refractivity contribution in [3.05, 3.63) is 71.4 Å². The molecule has 0 unspecified atom stereocenters. The lowest BCUT2D eigenvalue weighted by Gasteiger charge is -2.15. The van der Waals surface area contributed by atoms with Crippen LogP contribution in [0.2, 0.25) is 0 Å². The maximum Gasteiger partial charge on any atom is 0.170 e. The van der Waals surface area contributed by atoms with Crippen LogP contribution in [0.1, 0.15) is 42.3 Å².